The van der Waals surface area contributed by atoms with E-state index in [4.69, 9.17) is 5.11 Å². The van der Waals surface area contributed by atoms with Gasteiger partial charge in [0, 0.05) is 31.4 Å². The van der Waals surface area contributed by atoms with Gasteiger partial charge in [-0.05, 0) is 49.1 Å². The van der Waals surface area contributed by atoms with Crippen LogP contribution in [-0.4, -0.2) is 40.0 Å². The molecular weight excluding hydrogens is 304 g/mol. The Balaban J connectivity index is 1.80. The monoisotopic (exact) mass is 324 g/mol. The number of aryl methyl sites for hydroxylation is 1. The molecule has 0 aliphatic carbocycles. The zero-order chi connectivity index (χ0) is 17.1. The van der Waals surface area contributed by atoms with Gasteiger partial charge in [0.2, 0.25) is 0 Å². The van der Waals surface area contributed by atoms with E-state index in [1.54, 1.807) is 30.6 Å². The minimum Gasteiger partial charge on any atom is -0.478 e. The molecule has 3 rings (SSSR count). The number of carboxylic acids is 1. The average Bonchev–Trinajstić information content (AvgIpc) is 2.62. The van der Waals surface area contributed by atoms with Gasteiger partial charge < -0.3 is 10.0 Å². The lowest BCUT2D eigenvalue weighted by Gasteiger charge is -2.33. The lowest BCUT2D eigenvalue weighted by molar-refractivity contribution is 0.0687. The topological polar surface area (TPSA) is 70.5 Å². The van der Waals surface area contributed by atoms with Crippen LogP contribution in [0.1, 0.15) is 50.6 Å². The molecule has 5 heteroatoms. The number of nitrogens with zero attached hydrogens (tertiary/aromatic N) is 2. The lowest BCUT2D eigenvalue weighted by Crippen LogP contribution is -2.39. The van der Waals surface area contributed by atoms with Crippen LogP contribution in [0.25, 0.3) is 0 Å². The number of hydrogen-bond acceptors (Lipinski definition) is 3. The van der Waals surface area contributed by atoms with Crippen molar-refractivity contribution in [2.75, 3.05) is 13.1 Å². The van der Waals surface area contributed by atoms with Crippen molar-refractivity contribution in [3.05, 3.63) is 65.0 Å². The van der Waals surface area contributed by atoms with Crippen LogP contribution >= 0.6 is 0 Å². The van der Waals surface area contributed by atoms with Gasteiger partial charge in [-0.15, -0.1) is 0 Å². The quantitative estimate of drug-likeness (QED) is 0.942. The Morgan fingerprint density at radius 3 is 2.88 bits per heavy atom. The summed E-state index contributed by atoms with van der Waals surface area (Å²) in [6.45, 7) is 3.24. The summed E-state index contributed by atoms with van der Waals surface area (Å²) in [6, 6.07) is 8.86. The van der Waals surface area contributed by atoms with E-state index in [-0.39, 0.29) is 11.8 Å². The molecule has 2 heterocycles. The smallest absolute Gasteiger partial charge is 0.335 e. The van der Waals surface area contributed by atoms with Crippen molar-refractivity contribution in [1.82, 2.24) is 9.88 Å². The van der Waals surface area contributed by atoms with E-state index in [1.165, 1.54) is 0 Å². The van der Waals surface area contributed by atoms with Gasteiger partial charge in [0.05, 0.1) is 11.1 Å². The second-order valence-corrected chi connectivity index (χ2v) is 6.21. The molecule has 2 aromatic rings. The Morgan fingerprint density at radius 2 is 2.12 bits per heavy atom. The fourth-order valence-corrected chi connectivity index (χ4v) is 3.22. The van der Waals surface area contributed by atoms with Gasteiger partial charge in [-0.2, -0.15) is 0 Å². The average molecular weight is 324 g/mol. The zero-order valence-corrected chi connectivity index (χ0v) is 13.6. The number of piperidine rings is 1. The van der Waals surface area contributed by atoms with E-state index < -0.39 is 5.97 Å². The Bertz CT molecular complexity index is 773. The first-order chi connectivity index (χ1) is 11.6. The predicted molar refractivity (Wildman–Crippen MR) is 90.3 cm³/mol. The van der Waals surface area contributed by atoms with Crippen molar-refractivity contribution in [2.24, 2.45) is 0 Å². The van der Waals surface area contributed by atoms with Crippen LogP contribution in [0.5, 0.6) is 0 Å². The SMILES string of the molecule is Cc1ccncc1C(=O)N1CCC[C@@H](c2cccc(C(=O)O)c2)C1. The summed E-state index contributed by atoms with van der Waals surface area (Å²) in [5.74, 6) is -0.759. The maximum Gasteiger partial charge on any atom is 0.335 e. The summed E-state index contributed by atoms with van der Waals surface area (Å²) >= 11 is 0. The van der Waals surface area contributed by atoms with Gasteiger partial charge in [0.1, 0.15) is 0 Å². The van der Waals surface area contributed by atoms with Gasteiger partial charge >= 0.3 is 5.97 Å². The maximum absolute atomic E-state index is 12.8. The predicted octanol–water partition coefficient (Wildman–Crippen LogP) is 3.11. The Morgan fingerprint density at radius 1 is 1.29 bits per heavy atom. The molecule has 0 unspecified atom stereocenters. The van der Waals surface area contributed by atoms with Crippen molar-refractivity contribution in [1.29, 1.82) is 0 Å². The molecule has 1 aromatic carbocycles. The number of rotatable bonds is 3. The van der Waals surface area contributed by atoms with E-state index >= 15 is 0 Å². The summed E-state index contributed by atoms with van der Waals surface area (Å²) in [4.78, 5) is 29.8. The van der Waals surface area contributed by atoms with E-state index in [1.807, 2.05) is 24.0 Å². The second kappa shape index (κ2) is 6.83. The molecule has 24 heavy (non-hydrogen) atoms. The minimum absolute atomic E-state index is 0.000288. The standard InChI is InChI=1S/C19H20N2O3/c1-13-7-8-20-11-17(13)18(22)21-9-3-6-16(12-21)14-4-2-5-15(10-14)19(23)24/h2,4-5,7-8,10-11,16H,3,6,9,12H2,1H3,(H,23,24)/t16-/m1/s1. The third-order valence-corrected chi connectivity index (χ3v) is 4.58. The van der Waals surface area contributed by atoms with Crippen molar-refractivity contribution in [3.63, 3.8) is 0 Å². The molecule has 1 atom stereocenters. The molecule has 1 aliphatic heterocycles. The first-order valence-electron chi connectivity index (χ1n) is 8.09. The number of carbonyl (C=O) groups excluding carboxylic acids is 1. The number of aromatic nitrogens is 1. The lowest BCUT2D eigenvalue weighted by atomic mass is 9.89. The van der Waals surface area contributed by atoms with E-state index in [0.29, 0.717) is 17.7 Å². The fourth-order valence-electron chi connectivity index (χ4n) is 3.22. The molecular formula is C19H20N2O3. The highest BCUT2D eigenvalue weighted by atomic mass is 16.4. The molecule has 1 aromatic heterocycles. The highest BCUT2D eigenvalue weighted by molar-refractivity contribution is 5.95. The minimum atomic E-state index is -0.924. The highest BCUT2D eigenvalue weighted by Gasteiger charge is 2.26. The molecule has 1 amide bonds. The first-order valence-corrected chi connectivity index (χ1v) is 8.09. The number of benzene rings is 1. The third-order valence-electron chi connectivity index (χ3n) is 4.58. The molecule has 124 valence electrons. The number of carbonyl (C=O) groups is 2. The van der Waals surface area contributed by atoms with Crippen LogP contribution in [0.15, 0.2) is 42.7 Å². The van der Waals surface area contributed by atoms with Crippen molar-refractivity contribution in [3.8, 4) is 0 Å². The third kappa shape index (κ3) is 3.30. The number of carboxylic acid groups (broad SMARTS) is 1. The summed E-state index contributed by atoms with van der Waals surface area (Å²) in [5.41, 5.74) is 2.83. The van der Waals surface area contributed by atoms with Gasteiger partial charge in [0.15, 0.2) is 0 Å². The molecule has 0 bridgehead atoms. The number of amides is 1. The van der Waals surface area contributed by atoms with Crippen LogP contribution in [0.4, 0.5) is 0 Å². The van der Waals surface area contributed by atoms with E-state index in [0.717, 1.165) is 30.5 Å². The van der Waals surface area contributed by atoms with Crippen molar-refractivity contribution in [2.45, 2.75) is 25.7 Å². The van der Waals surface area contributed by atoms with Gasteiger partial charge in [-0.25, -0.2) is 4.79 Å². The number of likely N-dealkylation sites (tertiary alicyclic amines) is 1. The van der Waals surface area contributed by atoms with Gasteiger partial charge in [0.25, 0.3) is 5.91 Å². The van der Waals surface area contributed by atoms with Crippen molar-refractivity contribution < 1.29 is 14.7 Å². The summed E-state index contributed by atoms with van der Waals surface area (Å²) in [6.07, 6.45) is 5.17. The molecule has 1 fully saturated rings. The number of aromatic carboxylic acids is 1. The number of hydrogen-bond donors (Lipinski definition) is 1. The molecule has 0 radical (unpaired) electrons. The Hall–Kier alpha value is -2.69. The second-order valence-electron chi connectivity index (χ2n) is 6.21. The summed E-state index contributed by atoms with van der Waals surface area (Å²) < 4.78 is 0. The molecule has 0 saturated carbocycles. The largest absolute Gasteiger partial charge is 0.478 e. The summed E-state index contributed by atoms with van der Waals surface area (Å²) in [5, 5.41) is 9.16. The normalized spacial score (nSPS) is 17.5. The Kier molecular flexibility index (Phi) is 4.60. The van der Waals surface area contributed by atoms with E-state index in [9.17, 15) is 9.59 Å². The van der Waals surface area contributed by atoms with Crippen molar-refractivity contribution >= 4 is 11.9 Å². The van der Waals surface area contributed by atoms with Crippen LogP contribution in [0.2, 0.25) is 0 Å². The molecule has 1 aliphatic rings. The highest BCUT2D eigenvalue weighted by Crippen LogP contribution is 2.28. The van der Waals surface area contributed by atoms with Crippen LogP contribution < -0.4 is 0 Å². The van der Waals surface area contributed by atoms with Crippen LogP contribution in [0.3, 0.4) is 0 Å². The molecule has 5 nitrogen and oxygen atoms in total. The zero-order valence-electron chi connectivity index (χ0n) is 13.6. The summed E-state index contributed by atoms with van der Waals surface area (Å²) in [7, 11) is 0. The van der Waals surface area contributed by atoms with Gasteiger partial charge in [-0.1, -0.05) is 12.1 Å². The van der Waals surface area contributed by atoms with E-state index in [2.05, 4.69) is 4.98 Å². The fraction of sp³-hybridized carbons (Fsp3) is 0.316. The van der Waals surface area contributed by atoms with Gasteiger partial charge in [-0.3, -0.25) is 9.78 Å². The van der Waals surface area contributed by atoms with Crippen LogP contribution in [-0.2, 0) is 0 Å². The molecule has 0 spiro atoms. The molecule has 1 saturated heterocycles. The maximum atomic E-state index is 12.8. The first kappa shape index (κ1) is 16.2. The molecule has 1 N–H and O–H groups in total. The van der Waals surface area contributed by atoms with Crippen LogP contribution in [0, 0.1) is 6.92 Å². The number of pyridine rings is 1. The Labute approximate surface area is 140 Å².